The maximum atomic E-state index is 13.5. The summed E-state index contributed by atoms with van der Waals surface area (Å²) in [4.78, 5) is 21.7. The topological polar surface area (TPSA) is 56.1 Å². The van der Waals surface area contributed by atoms with Crippen LogP contribution in [0.2, 0.25) is 0 Å². The highest BCUT2D eigenvalue weighted by Crippen LogP contribution is 2.31. The van der Waals surface area contributed by atoms with E-state index in [4.69, 9.17) is 0 Å². The van der Waals surface area contributed by atoms with Crippen molar-refractivity contribution in [2.45, 2.75) is 13.5 Å². The average molecular weight is 382 g/mol. The molecule has 0 saturated heterocycles. The Labute approximate surface area is 167 Å². The van der Waals surface area contributed by atoms with Crippen LogP contribution >= 0.6 is 0 Å². The van der Waals surface area contributed by atoms with E-state index >= 15 is 0 Å². The molecule has 0 fully saturated rings. The summed E-state index contributed by atoms with van der Waals surface area (Å²) in [7, 11) is 2.04. The van der Waals surface area contributed by atoms with Crippen LogP contribution in [0.4, 0.5) is 0 Å². The summed E-state index contributed by atoms with van der Waals surface area (Å²) >= 11 is 0. The number of rotatable bonds is 3. The first-order chi connectivity index (χ1) is 14.1. The van der Waals surface area contributed by atoms with Gasteiger partial charge in [-0.15, -0.1) is 0 Å². The number of nitrogens with zero attached hydrogens (tertiary/aromatic N) is 5. The molecule has 0 bridgehead atoms. The van der Waals surface area contributed by atoms with Crippen LogP contribution in [0.25, 0.3) is 27.7 Å². The molecule has 29 heavy (non-hydrogen) atoms. The molecule has 5 rings (SSSR count). The Morgan fingerprint density at radius 1 is 1.03 bits per heavy atom. The minimum Gasteiger partial charge on any atom is -0.347 e. The van der Waals surface area contributed by atoms with E-state index in [2.05, 4.69) is 38.2 Å². The zero-order valence-electron chi connectivity index (χ0n) is 16.3. The van der Waals surface area contributed by atoms with Crippen LogP contribution in [0.5, 0.6) is 0 Å². The lowest BCUT2D eigenvalue weighted by atomic mass is 10.0. The normalized spacial score (nSPS) is 11.4. The number of pyridine rings is 1. The Morgan fingerprint density at radius 2 is 1.79 bits per heavy atom. The van der Waals surface area contributed by atoms with Crippen molar-refractivity contribution in [2.75, 3.05) is 0 Å². The van der Waals surface area contributed by atoms with Crippen LogP contribution in [-0.2, 0) is 13.6 Å². The van der Waals surface area contributed by atoms with Gasteiger partial charge in [-0.05, 0) is 19.1 Å². The first-order valence-corrected chi connectivity index (χ1v) is 9.47. The molecule has 0 aliphatic heterocycles. The molecule has 0 amide bonds. The van der Waals surface area contributed by atoms with Gasteiger partial charge >= 0.3 is 5.56 Å². The molecule has 4 heterocycles. The highest BCUT2D eigenvalue weighted by Gasteiger charge is 2.22. The SMILES string of the molecule is Cc1c(-c2c[n+](Cc3cncnc3)c3ccccn3c2=O)c2ccccc2n1C. The summed E-state index contributed by atoms with van der Waals surface area (Å²) < 4.78 is 5.93. The number of aromatic nitrogens is 5. The molecule has 142 valence electrons. The van der Waals surface area contributed by atoms with E-state index in [0.717, 1.165) is 33.4 Å². The molecule has 5 aromatic rings. The molecule has 0 unspecified atom stereocenters. The number of hydrogen-bond donors (Lipinski definition) is 0. The van der Waals surface area contributed by atoms with E-state index in [-0.39, 0.29) is 5.56 Å². The van der Waals surface area contributed by atoms with E-state index in [1.807, 2.05) is 49.8 Å². The van der Waals surface area contributed by atoms with E-state index < -0.39 is 0 Å². The molecule has 0 spiro atoms. The molecule has 6 heteroatoms. The van der Waals surface area contributed by atoms with Crippen LogP contribution in [0.3, 0.4) is 0 Å². The summed E-state index contributed by atoms with van der Waals surface area (Å²) in [5.41, 5.74) is 5.60. The quantitative estimate of drug-likeness (QED) is 0.451. The van der Waals surface area contributed by atoms with Crippen molar-refractivity contribution in [1.29, 1.82) is 0 Å². The number of hydrogen-bond acceptors (Lipinski definition) is 3. The highest BCUT2D eigenvalue weighted by molar-refractivity contribution is 5.97. The minimum atomic E-state index is -0.0272. The Bertz CT molecular complexity index is 1420. The Kier molecular flexibility index (Phi) is 3.98. The number of para-hydroxylation sites is 1. The third kappa shape index (κ3) is 2.72. The van der Waals surface area contributed by atoms with Gasteiger partial charge in [-0.1, -0.05) is 24.3 Å². The van der Waals surface area contributed by atoms with Gasteiger partial charge < -0.3 is 4.57 Å². The summed E-state index contributed by atoms with van der Waals surface area (Å²) in [6.45, 7) is 2.63. The van der Waals surface area contributed by atoms with Gasteiger partial charge in [0.15, 0.2) is 0 Å². The van der Waals surface area contributed by atoms with E-state index in [1.165, 1.54) is 6.33 Å². The van der Waals surface area contributed by atoms with Crippen molar-refractivity contribution in [3.05, 3.63) is 95.2 Å². The molecule has 4 aromatic heterocycles. The number of benzene rings is 1. The third-order valence-corrected chi connectivity index (χ3v) is 5.50. The van der Waals surface area contributed by atoms with Gasteiger partial charge in [-0.2, -0.15) is 4.40 Å². The van der Waals surface area contributed by atoms with Crippen molar-refractivity contribution in [1.82, 2.24) is 18.9 Å². The summed E-state index contributed by atoms with van der Waals surface area (Å²) in [6, 6.07) is 14.0. The summed E-state index contributed by atoms with van der Waals surface area (Å²) in [6.07, 6.45) is 8.90. The summed E-state index contributed by atoms with van der Waals surface area (Å²) in [5.74, 6) is 0. The van der Waals surface area contributed by atoms with Crippen molar-refractivity contribution >= 4 is 16.6 Å². The predicted octanol–water partition coefficient (Wildman–Crippen LogP) is 2.89. The van der Waals surface area contributed by atoms with Gasteiger partial charge in [0.05, 0.1) is 6.20 Å². The van der Waals surface area contributed by atoms with Gasteiger partial charge in [0.2, 0.25) is 0 Å². The molecular weight excluding hydrogens is 362 g/mol. The van der Waals surface area contributed by atoms with Gasteiger partial charge in [0, 0.05) is 53.2 Å². The maximum absolute atomic E-state index is 13.5. The molecule has 0 atom stereocenters. The molecule has 6 nitrogen and oxygen atoms in total. The molecule has 0 saturated carbocycles. The zero-order valence-corrected chi connectivity index (χ0v) is 16.3. The number of aryl methyl sites for hydroxylation is 1. The average Bonchev–Trinajstić information content (AvgIpc) is 3.02. The largest absolute Gasteiger partial charge is 0.350 e. The Morgan fingerprint density at radius 3 is 2.62 bits per heavy atom. The van der Waals surface area contributed by atoms with Gasteiger partial charge in [-0.25, -0.2) is 19.3 Å². The second kappa shape index (κ2) is 6.67. The van der Waals surface area contributed by atoms with Crippen molar-refractivity contribution in [3.63, 3.8) is 0 Å². The second-order valence-corrected chi connectivity index (χ2v) is 7.19. The molecule has 0 radical (unpaired) electrons. The monoisotopic (exact) mass is 382 g/mol. The van der Waals surface area contributed by atoms with E-state index in [0.29, 0.717) is 12.1 Å². The van der Waals surface area contributed by atoms with E-state index in [1.54, 1.807) is 16.8 Å². The highest BCUT2D eigenvalue weighted by atomic mass is 16.1. The maximum Gasteiger partial charge on any atom is 0.350 e. The van der Waals surface area contributed by atoms with Crippen LogP contribution in [-0.4, -0.2) is 18.9 Å². The standard InChI is InChI=1S/C23H20N5O/c1-16-22(18-7-3-4-8-20(18)26(16)2)19-14-27(13-17-11-24-15-25-12-17)21-9-5-6-10-28(21)23(19)29/h3-12,14-15H,13H2,1-2H3/q+1. The van der Waals surface area contributed by atoms with Crippen LogP contribution < -0.4 is 10.1 Å². The van der Waals surface area contributed by atoms with E-state index in [9.17, 15) is 4.79 Å². The van der Waals surface area contributed by atoms with Crippen LogP contribution in [0.1, 0.15) is 11.3 Å². The fourth-order valence-corrected chi connectivity index (χ4v) is 4.01. The molecule has 0 N–H and O–H groups in total. The lowest BCUT2D eigenvalue weighted by Crippen LogP contribution is -2.40. The third-order valence-electron chi connectivity index (χ3n) is 5.50. The van der Waals surface area contributed by atoms with Gasteiger partial charge in [-0.3, -0.25) is 0 Å². The van der Waals surface area contributed by atoms with Crippen molar-refractivity contribution < 1.29 is 4.57 Å². The molecular formula is C23H20N5O+. The first kappa shape index (κ1) is 17.3. The Balaban J connectivity index is 1.83. The van der Waals surface area contributed by atoms with Gasteiger partial charge in [0.1, 0.15) is 24.6 Å². The predicted molar refractivity (Wildman–Crippen MR) is 112 cm³/mol. The van der Waals surface area contributed by atoms with Crippen molar-refractivity contribution in [3.8, 4) is 11.1 Å². The Hall–Kier alpha value is -3.80. The summed E-state index contributed by atoms with van der Waals surface area (Å²) in [5, 5.41) is 1.08. The minimum absolute atomic E-state index is 0.0272. The van der Waals surface area contributed by atoms with Gasteiger partial charge in [0.25, 0.3) is 5.65 Å². The van der Waals surface area contributed by atoms with Crippen LogP contribution in [0, 0.1) is 6.92 Å². The molecule has 1 aromatic carbocycles. The molecule has 0 aliphatic rings. The zero-order chi connectivity index (χ0) is 20.0. The smallest absolute Gasteiger partial charge is 0.347 e. The number of fused-ring (bicyclic) bond motifs is 2. The first-order valence-electron chi connectivity index (χ1n) is 9.47. The van der Waals surface area contributed by atoms with Crippen LogP contribution in [0.15, 0.2) is 78.4 Å². The fraction of sp³-hybridized carbons (Fsp3) is 0.130. The second-order valence-electron chi connectivity index (χ2n) is 7.19. The van der Waals surface area contributed by atoms with Crippen molar-refractivity contribution in [2.24, 2.45) is 7.05 Å². The lowest BCUT2D eigenvalue weighted by molar-refractivity contribution is -0.665. The molecule has 0 aliphatic carbocycles. The lowest BCUT2D eigenvalue weighted by Gasteiger charge is -2.08. The fourth-order valence-electron chi connectivity index (χ4n) is 4.01.